The summed E-state index contributed by atoms with van der Waals surface area (Å²) in [7, 11) is 5.47. The molecule has 164 valence electrons. The zero-order chi connectivity index (χ0) is 22.8. The highest BCUT2D eigenvalue weighted by Gasteiger charge is 2.23. The molecule has 1 fully saturated rings. The number of hydrogen-bond acceptors (Lipinski definition) is 5. The molecule has 0 radical (unpaired) electrons. The second-order valence-electron chi connectivity index (χ2n) is 8.25. The lowest BCUT2D eigenvalue weighted by Gasteiger charge is -2.34. The lowest BCUT2D eigenvalue weighted by atomic mass is 10.1. The van der Waals surface area contributed by atoms with Gasteiger partial charge >= 0.3 is 0 Å². The van der Waals surface area contributed by atoms with Crippen molar-refractivity contribution in [3.63, 3.8) is 0 Å². The van der Waals surface area contributed by atoms with Crippen LogP contribution in [0.5, 0.6) is 0 Å². The molecule has 3 aromatic rings. The number of aryl methyl sites for hydroxylation is 1. The predicted octanol–water partition coefficient (Wildman–Crippen LogP) is 2.10. The first-order valence-electron chi connectivity index (χ1n) is 10.6. The molecule has 1 aliphatic heterocycles. The van der Waals surface area contributed by atoms with Crippen LogP contribution in [-0.2, 0) is 13.6 Å². The normalized spacial score (nSPS) is 14.4. The number of benzene rings is 2. The Morgan fingerprint density at radius 3 is 2.31 bits per heavy atom. The van der Waals surface area contributed by atoms with E-state index in [9.17, 15) is 9.59 Å². The molecule has 2 amide bonds. The van der Waals surface area contributed by atoms with Crippen molar-refractivity contribution in [2.45, 2.75) is 6.54 Å². The fourth-order valence-electron chi connectivity index (χ4n) is 3.96. The van der Waals surface area contributed by atoms with Crippen LogP contribution in [0.3, 0.4) is 0 Å². The molecule has 1 aromatic heterocycles. The Labute approximate surface area is 187 Å². The van der Waals surface area contributed by atoms with Crippen LogP contribution in [0.15, 0.2) is 42.5 Å². The third kappa shape index (κ3) is 4.20. The molecule has 0 unspecified atom stereocenters. The largest absolute Gasteiger partial charge is 0.345 e. The fourth-order valence-corrected chi connectivity index (χ4v) is 3.96. The van der Waals surface area contributed by atoms with E-state index in [0.29, 0.717) is 36.3 Å². The number of imidazole rings is 1. The van der Waals surface area contributed by atoms with Gasteiger partial charge in [0, 0.05) is 58.4 Å². The maximum atomic E-state index is 12.7. The number of fused-ring (bicyclic) bond motifs is 1. The van der Waals surface area contributed by atoms with Crippen molar-refractivity contribution in [2.24, 2.45) is 7.05 Å². The van der Waals surface area contributed by atoms with Crippen molar-refractivity contribution >= 4 is 22.8 Å². The van der Waals surface area contributed by atoms with E-state index in [1.807, 2.05) is 30.1 Å². The summed E-state index contributed by atoms with van der Waals surface area (Å²) >= 11 is 0. The standard InChI is InChI=1S/C24H26N6O2/c1-27(2)23(31)19-8-9-21-20(14-19)26-22(28(21)3)16-29-10-12-30(13-11-29)24(32)18-6-4-17(15-25)5-7-18/h4-9,14H,10-13,16H2,1-3H3. The first kappa shape index (κ1) is 21.5. The number of aromatic nitrogens is 2. The average molecular weight is 431 g/mol. The maximum absolute atomic E-state index is 12.7. The van der Waals surface area contributed by atoms with Gasteiger partial charge in [0.05, 0.1) is 29.2 Å². The third-order valence-electron chi connectivity index (χ3n) is 5.91. The molecule has 4 rings (SSSR count). The maximum Gasteiger partial charge on any atom is 0.253 e. The third-order valence-corrected chi connectivity index (χ3v) is 5.91. The van der Waals surface area contributed by atoms with Gasteiger partial charge in [0.25, 0.3) is 11.8 Å². The van der Waals surface area contributed by atoms with E-state index in [1.165, 1.54) is 0 Å². The van der Waals surface area contributed by atoms with Gasteiger partial charge in [0.2, 0.25) is 0 Å². The lowest BCUT2D eigenvalue weighted by Crippen LogP contribution is -2.48. The first-order chi connectivity index (χ1) is 15.4. The summed E-state index contributed by atoms with van der Waals surface area (Å²) in [5.41, 5.74) is 3.58. The highest BCUT2D eigenvalue weighted by Crippen LogP contribution is 2.19. The van der Waals surface area contributed by atoms with Gasteiger partial charge in [-0.15, -0.1) is 0 Å². The van der Waals surface area contributed by atoms with E-state index in [0.717, 1.165) is 29.9 Å². The van der Waals surface area contributed by atoms with Crippen molar-refractivity contribution in [1.82, 2.24) is 24.3 Å². The molecule has 0 N–H and O–H groups in total. The monoisotopic (exact) mass is 430 g/mol. The molecule has 2 aromatic carbocycles. The highest BCUT2D eigenvalue weighted by atomic mass is 16.2. The molecule has 2 heterocycles. The van der Waals surface area contributed by atoms with E-state index < -0.39 is 0 Å². The van der Waals surface area contributed by atoms with Crippen LogP contribution in [0.25, 0.3) is 11.0 Å². The van der Waals surface area contributed by atoms with Crippen molar-refractivity contribution in [1.29, 1.82) is 5.26 Å². The van der Waals surface area contributed by atoms with Gasteiger partial charge in [0.1, 0.15) is 5.82 Å². The summed E-state index contributed by atoms with van der Waals surface area (Å²) in [6.45, 7) is 3.49. The molecule has 1 saturated heterocycles. The van der Waals surface area contributed by atoms with E-state index in [-0.39, 0.29) is 11.8 Å². The van der Waals surface area contributed by atoms with Gasteiger partial charge in [-0.3, -0.25) is 14.5 Å². The minimum absolute atomic E-state index is 0.00467. The summed E-state index contributed by atoms with van der Waals surface area (Å²) in [4.78, 5) is 35.5. The molecule has 0 spiro atoms. The number of nitriles is 1. The molecule has 0 saturated carbocycles. The van der Waals surface area contributed by atoms with E-state index >= 15 is 0 Å². The summed E-state index contributed by atoms with van der Waals surface area (Å²) in [6.07, 6.45) is 0. The highest BCUT2D eigenvalue weighted by molar-refractivity contribution is 5.97. The quantitative estimate of drug-likeness (QED) is 0.633. The van der Waals surface area contributed by atoms with E-state index in [2.05, 4.69) is 15.5 Å². The first-order valence-corrected chi connectivity index (χ1v) is 10.6. The molecule has 8 heteroatoms. The summed E-state index contributed by atoms with van der Waals surface area (Å²) in [6, 6.07) is 14.5. The Morgan fingerprint density at radius 2 is 1.69 bits per heavy atom. The molecule has 0 atom stereocenters. The number of rotatable bonds is 4. The van der Waals surface area contributed by atoms with Crippen LogP contribution < -0.4 is 0 Å². The Bertz CT molecular complexity index is 1200. The molecule has 1 aliphatic rings. The number of carbonyl (C=O) groups is 2. The van der Waals surface area contributed by atoms with Crippen LogP contribution in [0, 0.1) is 11.3 Å². The van der Waals surface area contributed by atoms with Gasteiger partial charge in [-0.1, -0.05) is 0 Å². The Morgan fingerprint density at radius 1 is 1.03 bits per heavy atom. The molecule has 0 bridgehead atoms. The predicted molar refractivity (Wildman–Crippen MR) is 121 cm³/mol. The Kier molecular flexibility index (Phi) is 5.93. The van der Waals surface area contributed by atoms with E-state index in [4.69, 9.17) is 10.2 Å². The lowest BCUT2D eigenvalue weighted by molar-refractivity contribution is 0.0624. The number of amides is 2. The van der Waals surface area contributed by atoms with Crippen molar-refractivity contribution < 1.29 is 9.59 Å². The number of nitrogens with zero attached hydrogens (tertiary/aromatic N) is 6. The number of hydrogen-bond donors (Lipinski definition) is 0. The van der Waals surface area contributed by atoms with Gasteiger partial charge < -0.3 is 14.4 Å². The van der Waals surface area contributed by atoms with Crippen LogP contribution in [-0.4, -0.2) is 76.3 Å². The SMILES string of the molecule is CN(C)C(=O)c1ccc2c(c1)nc(CN1CCN(C(=O)c3ccc(C#N)cc3)CC1)n2C. The minimum atomic E-state index is -0.0397. The van der Waals surface area contributed by atoms with E-state index in [1.54, 1.807) is 43.3 Å². The zero-order valence-corrected chi connectivity index (χ0v) is 18.6. The van der Waals surface area contributed by atoms with Crippen LogP contribution in [0.1, 0.15) is 32.1 Å². The number of carbonyl (C=O) groups excluding carboxylic acids is 2. The van der Waals surface area contributed by atoms with Crippen LogP contribution >= 0.6 is 0 Å². The zero-order valence-electron chi connectivity index (χ0n) is 18.6. The molecule has 32 heavy (non-hydrogen) atoms. The summed E-state index contributed by atoms with van der Waals surface area (Å²) in [5, 5.41) is 8.92. The van der Waals surface area contributed by atoms with Crippen molar-refractivity contribution in [3.8, 4) is 6.07 Å². The molecule has 8 nitrogen and oxygen atoms in total. The van der Waals surface area contributed by atoms with Crippen molar-refractivity contribution in [2.75, 3.05) is 40.3 Å². The summed E-state index contributed by atoms with van der Waals surface area (Å²) in [5.74, 6) is 0.887. The second kappa shape index (κ2) is 8.81. The summed E-state index contributed by atoms with van der Waals surface area (Å²) < 4.78 is 2.06. The smallest absolute Gasteiger partial charge is 0.253 e. The molecule has 0 aliphatic carbocycles. The number of piperazine rings is 1. The van der Waals surface area contributed by atoms with Gasteiger partial charge in [-0.25, -0.2) is 4.98 Å². The van der Waals surface area contributed by atoms with Gasteiger partial charge in [0.15, 0.2) is 0 Å². The van der Waals surface area contributed by atoms with Gasteiger partial charge in [-0.2, -0.15) is 5.26 Å². The Hall–Kier alpha value is -3.70. The fraction of sp³-hybridized carbons (Fsp3) is 0.333. The topological polar surface area (TPSA) is 85.5 Å². The molecular formula is C24H26N6O2. The van der Waals surface area contributed by atoms with Crippen LogP contribution in [0.2, 0.25) is 0 Å². The van der Waals surface area contributed by atoms with Gasteiger partial charge in [-0.05, 0) is 42.5 Å². The van der Waals surface area contributed by atoms with Crippen LogP contribution in [0.4, 0.5) is 0 Å². The minimum Gasteiger partial charge on any atom is -0.345 e. The average Bonchev–Trinajstić information content (AvgIpc) is 3.13. The second-order valence-corrected chi connectivity index (χ2v) is 8.25. The molecular weight excluding hydrogens is 404 g/mol. The Balaban J connectivity index is 1.41. The van der Waals surface area contributed by atoms with Crippen molar-refractivity contribution in [3.05, 3.63) is 65.0 Å².